The number of ether oxygens (including phenoxy) is 1. The number of hydrogen-bond donors (Lipinski definition) is 1. The predicted molar refractivity (Wildman–Crippen MR) is 94.5 cm³/mol. The maximum atomic E-state index is 12.7. The minimum absolute atomic E-state index is 0.121. The third kappa shape index (κ3) is 5.32. The molecule has 0 aromatic heterocycles. The maximum absolute atomic E-state index is 12.7. The first kappa shape index (κ1) is 21.4. The first-order chi connectivity index (χ1) is 13.0. The Bertz CT molecular complexity index is 987. The van der Waals surface area contributed by atoms with Gasteiger partial charge in [-0.2, -0.15) is 13.2 Å². The summed E-state index contributed by atoms with van der Waals surface area (Å²) in [5.74, 6) is -2.14. The van der Waals surface area contributed by atoms with E-state index >= 15 is 0 Å². The number of carbonyl (C=O) groups is 2. The van der Waals surface area contributed by atoms with E-state index in [0.29, 0.717) is 0 Å². The van der Waals surface area contributed by atoms with Gasteiger partial charge < -0.3 is 10.1 Å². The van der Waals surface area contributed by atoms with Crippen LogP contribution in [0.1, 0.15) is 22.8 Å². The molecule has 0 saturated carbocycles. The van der Waals surface area contributed by atoms with Gasteiger partial charge in [-0.3, -0.25) is 4.79 Å². The summed E-state index contributed by atoms with van der Waals surface area (Å²) in [4.78, 5) is 23.8. The summed E-state index contributed by atoms with van der Waals surface area (Å²) >= 11 is 0. The molecule has 0 fully saturated rings. The molecule has 10 heteroatoms. The van der Waals surface area contributed by atoms with Crippen molar-refractivity contribution in [2.45, 2.75) is 18.0 Å². The average molecular weight is 415 g/mol. The number of sulfone groups is 1. The molecule has 0 bridgehead atoms. The minimum atomic E-state index is -4.57. The van der Waals surface area contributed by atoms with Crippen molar-refractivity contribution in [2.75, 3.05) is 17.7 Å². The fourth-order valence-corrected chi connectivity index (χ4v) is 3.32. The number of rotatable bonds is 6. The topological polar surface area (TPSA) is 89.5 Å². The second-order valence-electron chi connectivity index (χ2n) is 5.60. The standard InChI is InChI=1S/C18H16F3NO5S/c1-2-28(25,26)15-9-4-3-8-14(15)17(24)27-11-16(23)22-13-7-5-6-12(10-13)18(19,20)21/h3-10H,2,11H2,1H3,(H,22,23). The van der Waals surface area contributed by atoms with Crippen molar-refractivity contribution >= 4 is 27.4 Å². The molecule has 0 heterocycles. The van der Waals surface area contributed by atoms with E-state index in [9.17, 15) is 31.2 Å². The van der Waals surface area contributed by atoms with Crippen LogP contribution in [0.5, 0.6) is 0 Å². The lowest BCUT2D eigenvalue weighted by molar-refractivity contribution is -0.137. The lowest BCUT2D eigenvalue weighted by atomic mass is 10.2. The zero-order valence-corrected chi connectivity index (χ0v) is 15.4. The maximum Gasteiger partial charge on any atom is 0.416 e. The molecule has 1 N–H and O–H groups in total. The van der Waals surface area contributed by atoms with Gasteiger partial charge in [0.25, 0.3) is 5.91 Å². The van der Waals surface area contributed by atoms with Crippen LogP contribution >= 0.6 is 0 Å². The molecule has 0 atom stereocenters. The summed E-state index contributed by atoms with van der Waals surface area (Å²) in [5.41, 5.74) is -1.29. The van der Waals surface area contributed by atoms with Crippen LogP contribution in [0.25, 0.3) is 0 Å². The van der Waals surface area contributed by atoms with Crippen molar-refractivity contribution in [1.82, 2.24) is 0 Å². The van der Waals surface area contributed by atoms with E-state index in [1.807, 2.05) is 0 Å². The van der Waals surface area contributed by atoms with E-state index in [2.05, 4.69) is 5.32 Å². The Balaban J connectivity index is 2.06. The minimum Gasteiger partial charge on any atom is -0.452 e. The first-order valence-corrected chi connectivity index (χ1v) is 9.66. The molecule has 2 rings (SSSR count). The van der Waals surface area contributed by atoms with Gasteiger partial charge in [0.15, 0.2) is 16.4 Å². The van der Waals surface area contributed by atoms with Gasteiger partial charge in [0.05, 0.1) is 21.8 Å². The molecule has 0 aliphatic rings. The van der Waals surface area contributed by atoms with Gasteiger partial charge >= 0.3 is 12.1 Å². The summed E-state index contributed by atoms with van der Waals surface area (Å²) in [7, 11) is -3.69. The van der Waals surface area contributed by atoms with Crippen LogP contribution in [0, 0.1) is 0 Å². The molecule has 2 aromatic carbocycles. The number of anilines is 1. The Kier molecular flexibility index (Phi) is 6.45. The van der Waals surface area contributed by atoms with Crippen LogP contribution in [0.4, 0.5) is 18.9 Å². The molecule has 0 unspecified atom stereocenters. The van der Waals surface area contributed by atoms with Gasteiger partial charge in [-0.15, -0.1) is 0 Å². The zero-order chi connectivity index (χ0) is 20.9. The summed E-state index contributed by atoms with van der Waals surface area (Å²) in [6, 6.07) is 9.33. The fraction of sp³-hybridized carbons (Fsp3) is 0.222. The van der Waals surface area contributed by atoms with Crippen molar-refractivity contribution in [1.29, 1.82) is 0 Å². The molecule has 28 heavy (non-hydrogen) atoms. The van der Waals surface area contributed by atoms with E-state index in [0.717, 1.165) is 18.2 Å². The van der Waals surface area contributed by atoms with Crippen molar-refractivity contribution in [2.24, 2.45) is 0 Å². The number of benzene rings is 2. The highest BCUT2D eigenvalue weighted by Crippen LogP contribution is 2.30. The van der Waals surface area contributed by atoms with Gasteiger partial charge in [0.2, 0.25) is 0 Å². The molecule has 0 spiro atoms. The Morgan fingerprint density at radius 1 is 1.07 bits per heavy atom. The number of amides is 1. The molecule has 0 aliphatic carbocycles. The second kappa shape index (κ2) is 8.42. The Morgan fingerprint density at radius 2 is 1.75 bits per heavy atom. The van der Waals surface area contributed by atoms with Gasteiger partial charge in [0.1, 0.15) is 0 Å². The van der Waals surface area contributed by atoms with Gasteiger partial charge in [0, 0.05) is 5.69 Å². The predicted octanol–water partition coefficient (Wildman–Crippen LogP) is 3.29. The number of hydrogen-bond acceptors (Lipinski definition) is 5. The number of carbonyl (C=O) groups excluding carboxylic acids is 2. The monoisotopic (exact) mass is 415 g/mol. The largest absolute Gasteiger partial charge is 0.452 e. The molecule has 2 aromatic rings. The number of halogens is 3. The number of alkyl halides is 3. The van der Waals surface area contributed by atoms with E-state index < -0.39 is 40.1 Å². The smallest absolute Gasteiger partial charge is 0.416 e. The lowest BCUT2D eigenvalue weighted by Gasteiger charge is -2.11. The van der Waals surface area contributed by atoms with E-state index in [1.165, 1.54) is 37.3 Å². The fourth-order valence-electron chi connectivity index (χ4n) is 2.24. The lowest BCUT2D eigenvalue weighted by Crippen LogP contribution is -2.22. The first-order valence-electron chi connectivity index (χ1n) is 8.00. The van der Waals surface area contributed by atoms with Crippen LogP contribution in [-0.2, 0) is 25.5 Å². The summed E-state index contributed by atoms with van der Waals surface area (Å²) < 4.78 is 66.9. The Labute approximate surface area is 159 Å². The average Bonchev–Trinajstić information content (AvgIpc) is 2.65. The SMILES string of the molecule is CCS(=O)(=O)c1ccccc1C(=O)OCC(=O)Nc1cccc(C(F)(F)F)c1. The summed E-state index contributed by atoms with van der Waals surface area (Å²) in [6.07, 6.45) is -4.57. The Morgan fingerprint density at radius 3 is 2.39 bits per heavy atom. The molecule has 0 radical (unpaired) electrons. The third-order valence-electron chi connectivity index (χ3n) is 3.63. The second-order valence-corrected chi connectivity index (χ2v) is 7.85. The molecule has 0 aliphatic heterocycles. The van der Waals surface area contributed by atoms with E-state index in [1.54, 1.807) is 0 Å². The highest BCUT2D eigenvalue weighted by Gasteiger charge is 2.30. The van der Waals surface area contributed by atoms with Gasteiger partial charge in [-0.05, 0) is 30.3 Å². The molecule has 150 valence electrons. The van der Waals surface area contributed by atoms with Crippen molar-refractivity contribution < 1.29 is 35.9 Å². The number of esters is 1. The van der Waals surface area contributed by atoms with Crippen LogP contribution in [-0.4, -0.2) is 32.7 Å². The van der Waals surface area contributed by atoms with Crippen LogP contribution in [0.2, 0.25) is 0 Å². The van der Waals surface area contributed by atoms with Crippen molar-refractivity contribution in [3.8, 4) is 0 Å². The van der Waals surface area contributed by atoms with Crippen molar-refractivity contribution in [3.63, 3.8) is 0 Å². The highest BCUT2D eigenvalue weighted by molar-refractivity contribution is 7.91. The van der Waals surface area contributed by atoms with Gasteiger partial charge in [-0.25, -0.2) is 13.2 Å². The van der Waals surface area contributed by atoms with Crippen LogP contribution in [0.15, 0.2) is 53.4 Å². The van der Waals surface area contributed by atoms with Crippen LogP contribution in [0.3, 0.4) is 0 Å². The quantitative estimate of drug-likeness (QED) is 0.732. The highest BCUT2D eigenvalue weighted by atomic mass is 32.2. The zero-order valence-electron chi connectivity index (χ0n) is 14.6. The molecular formula is C18H16F3NO5S. The van der Waals surface area contributed by atoms with Crippen LogP contribution < -0.4 is 5.32 Å². The third-order valence-corrected chi connectivity index (χ3v) is 5.42. The number of nitrogens with one attached hydrogen (secondary N) is 1. The molecule has 0 saturated heterocycles. The summed E-state index contributed by atoms with van der Waals surface area (Å²) in [5, 5.41) is 2.18. The van der Waals surface area contributed by atoms with Gasteiger partial charge in [-0.1, -0.05) is 25.1 Å². The molecular weight excluding hydrogens is 399 g/mol. The van der Waals surface area contributed by atoms with Crippen molar-refractivity contribution in [3.05, 3.63) is 59.7 Å². The summed E-state index contributed by atoms with van der Waals surface area (Å²) in [6.45, 7) is 0.621. The molecule has 1 amide bonds. The van der Waals surface area contributed by atoms with E-state index in [-0.39, 0.29) is 21.9 Å². The Hall–Kier alpha value is -2.88. The normalized spacial score (nSPS) is 11.7. The molecule has 6 nitrogen and oxygen atoms in total. The van der Waals surface area contributed by atoms with E-state index in [4.69, 9.17) is 4.74 Å².